The van der Waals surface area contributed by atoms with E-state index in [-0.39, 0.29) is 5.41 Å². The molecule has 1 aromatic heterocycles. The van der Waals surface area contributed by atoms with Gasteiger partial charge in [-0.2, -0.15) is 0 Å². The monoisotopic (exact) mass is 425 g/mol. The zero-order chi connectivity index (χ0) is 22.7. The van der Waals surface area contributed by atoms with Gasteiger partial charge in [0, 0.05) is 11.1 Å². The molecule has 4 nitrogen and oxygen atoms in total. The summed E-state index contributed by atoms with van der Waals surface area (Å²) < 4.78 is 11.5. The zero-order valence-electron chi connectivity index (χ0n) is 18.9. The lowest BCUT2D eigenvalue weighted by Crippen LogP contribution is -2.10. The highest BCUT2D eigenvalue weighted by molar-refractivity contribution is 5.94. The SMILES string of the molecule is Cc1ccc2cccc(OC(=O)c3ccc(COc4ccc(C(C)(C)C)cc4)cc3)c2n1. The zero-order valence-corrected chi connectivity index (χ0v) is 18.9. The standard InChI is InChI=1S/C28H27NO3/c1-19-8-11-21-6-5-7-25(26(21)29-19)32-27(30)22-12-9-20(10-13-22)18-31-24-16-14-23(15-17-24)28(2,3)4/h5-17H,18H2,1-4H3. The molecule has 162 valence electrons. The summed E-state index contributed by atoms with van der Waals surface area (Å²) in [5.74, 6) is 0.869. The molecule has 0 radical (unpaired) electrons. The third-order valence-corrected chi connectivity index (χ3v) is 5.34. The molecular formula is C28H27NO3. The van der Waals surface area contributed by atoms with E-state index in [1.54, 1.807) is 18.2 Å². The number of aryl methyl sites for hydroxylation is 1. The number of benzene rings is 3. The molecule has 0 amide bonds. The summed E-state index contributed by atoms with van der Waals surface area (Å²) in [6, 6.07) is 24.9. The van der Waals surface area contributed by atoms with E-state index in [1.807, 2.05) is 55.5 Å². The van der Waals surface area contributed by atoms with Crippen LogP contribution in [0.5, 0.6) is 11.5 Å². The van der Waals surface area contributed by atoms with Crippen molar-refractivity contribution in [2.24, 2.45) is 0 Å². The average molecular weight is 426 g/mol. The van der Waals surface area contributed by atoms with E-state index >= 15 is 0 Å². The first-order valence-electron chi connectivity index (χ1n) is 10.7. The quantitative estimate of drug-likeness (QED) is 0.266. The van der Waals surface area contributed by atoms with E-state index in [0.29, 0.717) is 23.4 Å². The first-order valence-corrected chi connectivity index (χ1v) is 10.7. The van der Waals surface area contributed by atoms with E-state index in [9.17, 15) is 4.79 Å². The molecule has 0 N–H and O–H groups in total. The number of fused-ring (bicyclic) bond motifs is 1. The van der Waals surface area contributed by atoms with Crippen molar-refractivity contribution in [1.82, 2.24) is 4.98 Å². The first kappa shape index (κ1) is 21.6. The molecule has 0 saturated carbocycles. The van der Waals surface area contributed by atoms with E-state index in [4.69, 9.17) is 9.47 Å². The van der Waals surface area contributed by atoms with Crippen LogP contribution in [0.15, 0.2) is 78.9 Å². The second kappa shape index (κ2) is 8.83. The molecule has 0 atom stereocenters. The Morgan fingerprint density at radius 2 is 1.59 bits per heavy atom. The maximum atomic E-state index is 12.7. The molecule has 1 heterocycles. The van der Waals surface area contributed by atoms with Crippen molar-refractivity contribution in [2.75, 3.05) is 0 Å². The van der Waals surface area contributed by atoms with Gasteiger partial charge in [-0.3, -0.25) is 0 Å². The number of hydrogen-bond acceptors (Lipinski definition) is 4. The van der Waals surface area contributed by atoms with Crippen molar-refractivity contribution in [1.29, 1.82) is 0 Å². The Morgan fingerprint density at radius 1 is 0.875 bits per heavy atom. The van der Waals surface area contributed by atoms with Crippen LogP contribution in [0.25, 0.3) is 10.9 Å². The predicted octanol–water partition coefficient (Wildman–Crippen LogP) is 6.64. The molecule has 0 aliphatic carbocycles. The Bertz CT molecular complexity index is 1240. The Balaban J connectivity index is 1.40. The summed E-state index contributed by atoms with van der Waals surface area (Å²) in [6.07, 6.45) is 0. The van der Waals surface area contributed by atoms with Gasteiger partial charge >= 0.3 is 5.97 Å². The number of rotatable bonds is 5. The fraction of sp³-hybridized carbons (Fsp3) is 0.214. The summed E-state index contributed by atoms with van der Waals surface area (Å²) in [5, 5.41) is 0.934. The van der Waals surface area contributed by atoms with Crippen molar-refractivity contribution in [2.45, 2.75) is 39.7 Å². The molecule has 0 aliphatic heterocycles. The molecule has 0 spiro atoms. The van der Waals surface area contributed by atoms with Crippen LogP contribution in [-0.4, -0.2) is 11.0 Å². The number of carbonyl (C=O) groups excluding carboxylic acids is 1. The molecule has 4 heteroatoms. The number of ether oxygens (including phenoxy) is 2. The van der Waals surface area contributed by atoms with Crippen LogP contribution in [-0.2, 0) is 12.0 Å². The van der Waals surface area contributed by atoms with Crippen molar-refractivity contribution in [3.63, 3.8) is 0 Å². The first-order chi connectivity index (χ1) is 15.3. The largest absolute Gasteiger partial charge is 0.489 e. The topological polar surface area (TPSA) is 48.4 Å². The van der Waals surface area contributed by atoms with Gasteiger partial charge in [-0.1, -0.05) is 63.2 Å². The van der Waals surface area contributed by atoms with Crippen LogP contribution >= 0.6 is 0 Å². The van der Waals surface area contributed by atoms with Gasteiger partial charge in [0.25, 0.3) is 0 Å². The average Bonchev–Trinajstić information content (AvgIpc) is 2.78. The van der Waals surface area contributed by atoms with Gasteiger partial charge in [-0.05, 0) is 59.9 Å². The number of para-hydroxylation sites is 1. The lowest BCUT2D eigenvalue weighted by atomic mass is 9.87. The van der Waals surface area contributed by atoms with Gasteiger partial charge in [0.05, 0.1) is 5.56 Å². The second-order valence-corrected chi connectivity index (χ2v) is 8.93. The molecule has 3 aromatic carbocycles. The Kier molecular flexibility index (Phi) is 5.95. The smallest absolute Gasteiger partial charge is 0.343 e. The maximum Gasteiger partial charge on any atom is 0.343 e. The Labute approximate surface area is 188 Å². The third kappa shape index (κ3) is 4.97. The van der Waals surface area contributed by atoms with Crippen LogP contribution in [0.1, 0.15) is 48.0 Å². The normalized spacial score (nSPS) is 11.4. The molecule has 0 saturated heterocycles. The molecule has 0 unspecified atom stereocenters. The van der Waals surface area contributed by atoms with Crippen molar-refractivity contribution in [3.8, 4) is 11.5 Å². The highest BCUT2D eigenvalue weighted by atomic mass is 16.5. The molecule has 32 heavy (non-hydrogen) atoms. The summed E-state index contributed by atoms with van der Waals surface area (Å²) >= 11 is 0. The lowest BCUT2D eigenvalue weighted by molar-refractivity contribution is 0.0736. The molecule has 0 aliphatic rings. The Morgan fingerprint density at radius 3 is 2.28 bits per heavy atom. The number of hydrogen-bond donors (Lipinski definition) is 0. The van der Waals surface area contributed by atoms with Gasteiger partial charge in [0.2, 0.25) is 0 Å². The molecule has 0 bridgehead atoms. The Hall–Kier alpha value is -3.66. The maximum absolute atomic E-state index is 12.7. The summed E-state index contributed by atoms with van der Waals surface area (Å²) in [6.45, 7) is 8.90. The van der Waals surface area contributed by atoms with Crippen molar-refractivity contribution >= 4 is 16.9 Å². The fourth-order valence-electron chi connectivity index (χ4n) is 3.41. The van der Waals surface area contributed by atoms with Crippen LogP contribution < -0.4 is 9.47 Å². The summed E-state index contributed by atoms with van der Waals surface area (Å²) in [4.78, 5) is 17.2. The van der Waals surface area contributed by atoms with E-state index in [0.717, 1.165) is 22.4 Å². The van der Waals surface area contributed by atoms with E-state index in [1.165, 1.54) is 5.56 Å². The van der Waals surface area contributed by atoms with Gasteiger partial charge in [-0.25, -0.2) is 9.78 Å². The minimum atomic E-state index is -0.411. The second-order valence-electron chi connectivity index (χ2n) is 8.93. The fourth-order valence-corrected chi connectivity index (χ4v) is 3.41. The molecule has 0 fully saturated rings. The van der Waals surface area contributed by atoms with Crippen LogP contribution in [0.2, 0.25) is 0 Å². The van der Waals surface area contributed by atoms with Crippen molar-refractivity contribution in [3.05, 3.63) is 101 Å². The molecule has 4 aromatic rings. The minimum Gasteiger partial charge on any atom is -0.489 e. The summed E-state index contributed by atoms with van der Waals surface area (Å²) in [7, 11) is 0. The van der Waals surface area contributed by atoms with E-state index in [2.05, 4.69) is 37.9 Å². The van der Waals surface area contributed by atoms with Gasteiger partial charge < -0.3 is 9.47 Å². The lowest BCUT2D eigenvalue weighted by Gasteiger charge is -2.19. The minimum absolute atomic E-state index is 0.115. The van der Waals surface area contributed by atoms with Gasteiger partial charge in [0.1, 0.15) is 17.9 Å². The number of esters is 1. The summed E-state index contributed by atoms with van der Waals surface area (Å²) in [5.41, 5.74) is 4.40. The number of carbonyl (C=O) groups is 1. The number of aromatic nitrogens is 1. The van der Waals surface area contributed by atoms with Crippen molar-refractivity contribution < 1.29 is 14.3 Å². The molecular weight excluding hydrogens is 398 g/mol. The molecule has 4 rings (SSSR count). The number of nitrogens with zero attached hydrogens (tertiary/aromatic N) is 1. The third-order valence-electron chi connectivity index (χ3n) is 5.34. The van der Waals surface area contributed by atoms with Gasteiger partial charge in [0.15, 0.2) is 5.75 Å². The highest BCUT2D eigenvalue weighted by Gasteiger charge is 2.14. The highest BCUT2D eigenvalue weighted by Crippen LogP contribution is 2.26. The van der Waals surface area contributed by atoms with Crippen LogP contribution in [0.3, 0.4) is 0 Å². The predicted molar refractivity (Wildman–Crippen MR) is 127 cm³/mol. The van der Waals surface area contributed by atoms with Gasteiger partial charge in [-0.15, -0.1) is 0 Å². The van der Waals surface area contributed by atoms with Crippen LogP contribution in [0, 0.1) is 6.92 Å². The van der Waals surface area contributed by atoms with Crippen LogP contribution in [0.4, 0.5) is 0 Å². The number of pyridine rings is 1. The van der Waals surface area contributed by atoms with E-state index < -0.39 is 5.97 Å².